The second-order valence-electron chi connectivity index (χ2n) is 0.632. The molecule has 3 nitrogen and oxygen atoms in total. The van der Waals surface area contributed by atoms with Crippen molar-refractivity contribution >= 4 is 17.0 Å². The standard InChI is InChI=1S/C2N2.C2H7N.BrH/c3-1-2-4;1-2-3;/h;2-3H2,1H3;1H. The molecule has 0 aromatic carbocycles. The van der Waals surface area contributed by atoms with Crippen LogP contribution >= 0.6 is 17.0 Å². The van der Waals surface area contributed by atoms with Crippen molar-refractivity contribution in [1.29, 1.82) is 10.5 Å². The highest BCUT2D eigenvalue weighted by molar-refractivity contribution is 8.93. The Hall–Kier alpha value is -0.580. The van der Waals surface area contributed by atoms with Crippen molar-refractivity contribution in [1.82, 2.24) is 0 Å². The number of rotatable bonds is 0. The van der Waals surface area contributed by atoms with E-state index in [0.717, 1.165) is 6.54 Å². The summed E-state index contributed by atoms with van der Waals surface area (Å²) < 4.78 is 0. The van der Waals surface area contributed by atoms with Gasteiger partial charge in [0.15, 0.2) is 12.1 Å². The molecule has 8 heavy (non-hydrogen) atoms. The van der Waals surface area contributed by atoms with Crippen molar-refractivity contribution in [3.63, 3.8) is 0 Å². The lowest BCUT2D eigenvalue weighted by atomic mass is 10.8. The Bertz CT molecular complexity index is 76.4. The van der Waals surface area contributed by atoms with Gasteiger partial charge in [-0.2, -0.15) is 10.5 Å². The molecule has 4 heteroatoms. The molecule has 0 aliphatic carbocycles. The summed E-state index contributed by atoms with van der Waals surface area (Å²) in [4.78, 5) is 0. The van der Waals surface area contributed by atoms with E-state index in [1.165, 1.54) is 12.1 Å². The molecule has 0 bridgehead atoms. The largest absolute Gasteiger partial charge is 0.331 e. The van der Waals surface area contributed by atoms with Crippen LogP contribution in [0.4, 0.5) is 0 Å². The van der Waals surface area contributed by atoms with Crippen LogP contribution in [0.5, 0.6) is 0 Å². The minimum Gasteiger partial charge on any atom is -0.331 e. The molecule has 46 valence electrons. The Kier molecular flexibility index (Phi) is 63.0. The summed E-state index contributed by atoms with van der Waals surface area (Å²) in [5, 5.41) is 14.5. The summed E-state index contributed by atoms with van der Waals surface area (Å²) in [5.41, 5.74) is 4.85. The van der Waals surface area contributed by atoms with Gasteiger partial charge in [-0.3, -0.25) is 0 Å². The van der Waals surface area contributed by atoms with E-state index in [9.17, 15) is 0 Å². The lowest BCUT2D eigenvalue weighted by Crippen LogP contribution is -1.87. The van der Waals surface area contributed by atoms with Gasteiger partial charge < -0.3 is 5.73 Å². The summed E-state index contributed by atoms with van der Waals surface area (Å²) in [6.07, 6.45) is 0. The molecule has 0 saturated carbocycles. The number of halogens is 1. The third-order valence-electron chi connectivity index (χ3n) is 0.0500. The van der Waals surface area contributed by atoms with Gasteiger partial charge in [-0.25, -0.2) is 0 Å². The molecule has 0 spiro atoms. The van der Waals surface area contributed by atoms with E-state index in [0.29, 0.717) is 0 Å². The third kappa shape index (κ3) is 600. The van der Waals surface area contributed by atoms with Crippen molar-refractivity contribution in [3.05, 3.63) is 0 Å². The fraction of sp³-hybridized carbons (Fsp3) is 0.500. The second-order valence-corrected chi connectivity index (χ2v) is 0.632. The van der Waals surface area contributed by atoms with Crippen molar-refractivity contribution in [2.24, 2.45) is 5.73 Å². The second kappa shape index (κ2) is 32.2. The molecule has 0 radical (unpaired) electrons. The van der Waals surface area contributed by atoms with Gasteiger partial charge in [0.25, 0.3) is 0 Å². The van der Waals surface area contributed by atoms with Gasteiger partial charge in [-0.1, -0.05) is 6.92 Å². The Balaban J connectivity index is -0.0000000575. The summed E-state index contributed by atoms with van der Waals surface area (Å²) in [7, 11) is 0. The van der Waals surface area contributed by atoms with E-state index < -0.39 is 0 Å². The zero-order valence-corrected chi connectivity index (χ0v) is 6.30. The van der Waals surface area contributed by atoms with E-state index in [-0.39, 0.29) is 17.0 Å². The zero-order valence-electron chi connectivity index (χ0n) is 4.59. The van der Waals surface area contributed by atoms with E-state index in [4.69, 9.17) is 16.3 Å². The molecule has 0 aromatic rings. The fourth-order valence-corrected chi connectivity index (χ4v) is 0. The number of nitriles is 2. The molecule has 0 aliphatic rings. The molecule has 0 amide bonds. The van der Waals surface area contributed by atoms with Crippen LogP contribution in [0.3, 0.4) is 0 Å². The first-order chi connectivity index (χ1) is 3.33. The average Bonchev–Trinajstić information content (AvgIpc) is 1.69. The number of hydrogen-bond acceptors (Lipinski definition) is 3. The SMILES string of the molecule is Br.CCN.N#CC#N. The van der Waals surface area contributed by atoms with E-state index in [1.54, 1.807) is 0 Å². The van der Waals surface area contributed by atoms with Crippen molar-refractivity contribution in [3.8, 4) is 12.1 Å². The smallest absolute Gasteiger partial charge is 0.181 e. The van der Waals surface area contributed by atoms with Gasteiger partial charge in [0.2, 0.25) is 0 Å². The maximum absolute atomic E-state index is 7.26. The topological polar surface area (TPSA) is 73.6 Å². The van der Waals surface area contributed by atoms with E-state index in [1.807, 2.05) is 6.92 Å². The molecule has 0 atom stereocenters. The van der Waals surface area contributed by atoms with Gasteiger partial charge in [-0.15, -0.1) is 17.0 Å². The Morgan fingerprint density at radius 3 is 1.50 bits per heavy atom. The summed E-state index contributed by atoms with van der Waals surface area (Å²) in [6.45, 7) is 2.65. The Labute approximate surface area is 59.5 Å². The summed E-state index contributed by atoms with van der Waals surface area (Å²) in [6, 6.07) is 2.47. The first-order valence-corrected chi connectivity index (χ1v) is 1.81. The van der Waals surface area contributed by atoms with E-state index in [2.05, 4.69) is 0 Å². The van der Waals surface area contributed by atoms with Gasteiger partial charge in [-0.05, 0) is 6.54 Å². The van der Waals surface area contributed by atoms with Crippen LogP contribution in [0.2, 0.25) is 0 Å². The minimum absolute atomic E-state index is 0. The molecule has 2 N–H and O–H groups in total. The number of nitrogens with two attached hydrogens (primary N) is 1. The predicted octanol–water partition coefficient (Wildman–Crippen LogP) is 0.576. The lowest BCUT2D eigenvalue weighted by Gasteiger charge is -1.53. The highest BCUT2D eigenvalue weighted by atomic mass is 79.9. The van der Waals surface area contributed by atoms with Crippen molar-refractivity contribution < 1.29 is 0 Å². The van der Waals surface area contributed by atoms with Crippen molar-refractivity contribution in [2.75, 3.05) is 6.54 Å². The Morgan fingerprint density at radius 2 is 1.50 bits per heavy atom. The molecule has 0 aromatic heterocycles. The van der Waals surface area contributed by atoms with Crippen LogP contribution < -0.4 is 5.73 Å². The molecule has 0 fully saturated rings. The Morgan fingerprint density at radius 1 is 1.38 bits per heavy atom. The fourth-order valence-electron chi connectivity index (χ4n) is 0. The first kappa shape index (κ1) is 15.7. The quantitative estimate of drug-likeness (QED) is 0.589. The van der Waals surface area contributed by atoms with Gasteiger partial charge in [0.05, 0.1) is 0 Å². The molecule has 0 rings (SSSR count). The number of nitrogens with zero attached hydrogens (tertiary/aromatic N) is 2. The minimum atomic E-state index is 0. The maximum atomic E-state index is 7.26. The van der Waals surface area contributed by atoms with Crippen LogP contribution in [0, 0.1) is 22.7 Å². The van der Waals surface area contributed by atoms with Gasteiger partial charge in [0.1, 0.15) is 0 Å². The van der Waals surface area contributed by atoms with Crippen LogP contribution in [-0.4, -0.2) is 6.54 Å². The van der Waals surface area contributed by atoms with E-state index >= 15 is 0 Å². The van der Waals surface area contributed by atoms with Crippen LogP contribution in [0.1, 0.15) is 6.92 Å². The maximum Gasteiger partial charge on any atom is 0.181 e. The van der Waals surface area contributed by atoms with Gasteiger partial charge >= 0.3 is 0 Å². The van der Waals surface area contributed by atoms with Crippen molar-refractivity contribution in [2.45, 2.75) is 6.92 Å². The summed E-state index contributed by atoms with van der Waals surface area (Å²) >= 11 is 0. The first-order valence-electron chi connectivity index (χ1n) is 1.81. The molecular weight excluding hydrogens is 170 g/mol. The third-order valence-corrected chi connectivity index (χ3v) is 0.0500. The average molecular weight is 178 g/mol. The number of hydrogen-bond donors (Lipinski definition) is 1. The van der Waals surface area contributed by atoms with Crippen LogP contribution in [-0.2, 0) is 0 Å². The highest BCUT2D eigenvalue weighted by Crippen LogP contribution is 1.27. The molecule has 0 aliphatic heterocycles. The predicted molar refractivity (Wildman–Crippen MR) is 36.3 cm³/mol. The summed E-state index contributed by atoms with van der Waals surface area (Å²) in [5.74, 6) is 0. The molecule has 0 unspecified atom stereocenters. The van der Waals surface area contributed by atoms with Gasteiger partial charge in [0, 0.05) is 0 Å². The monoisotopic (exact) mass is 177 g/mol. The highest BCUT2D eigenvalue weighted by Gasteiger charge is 1.39. The normalized spacial score (nSPS) is 3.50. The molecular formula is C4H8BrN3. The molecule has 0 heterocycles. The zero-order chi connectivity index (χ0) is 6.12. The molecule has 0 saturated heterocycles. The van der Waals surface area contributed by atoms with Crippen LogP contribution in [0.15, 0.2) is 0 Å². The lowest BCUT2D eigenvalue weighted by molar-refractivity contribution is 1.14. The van der Waals surface area contributed by atoms with Crippen LogP contribution in [0.25, 0.3) is 0 Å².